The van der Waals surface area contributed by atoms with E-state index in [-0.39, 0.29) is 38.7 Å². The molecular formula is C23H30N2O10. The Morgan fingerprint density at radius 1 is 0.714 bits per heavy atom. The van der Waals surface area contributed by atoms with Crippen LogP contribution in [0.15, 0.2) is 30.3 Å². The number of rotatable bonds is 17. The van der Waals surface area contributed by atoms with Crippen molar-refractivity contribution in [3.8, 4) is 0 Å². The molecule has 0 aromatic heterocycles. The van der Waals surface area contributed by atoms with E-state index in [0.717, 1.165) is 5.56 Å². The van der Waals surface area contributed by atoms with E-state index in [1.54, 1.807) is 0 Å². The summed E-state index contributed by atoms with van der Waals surface area (Å²) >= 11 is 0. The summed E-state index contributed by atoms with van der Waals surface area (Å²) in [7, 11) is 0. The third-order valence-corrected chi connectivity index (χ3v) is 4.85. The number of aliphatic carboxylic acids is 3. The van der Waals surface area contributed by atoms with E-state index in [1.165, 1.54) is 0 Å². The van der Waals surface area contributed by atoms with Gasteiger partial charge in [0.25, 0.3) is 0 Å². The van der Waals surface area contributed by atoms with Crippen LogP contribution in [0.3, 0.4) is 0 Å². The molecule has 0 saturated heterocycles. The molecule has 1 rings (SSSR count). The van der Waals surface area contributed by atoms with Gasteiger partial charge in [-0.2, -0.15) is 0 Å². The molecule has 192 valence electrons. The number of ether oxygens (including phenoxy) is 1. The van der Waals surface area contributed by atoms with Gasteiger partial charge < -0.3 is 30.7 Å². The standard InChI is InChI=1S/C23H30N2O10/c26-18(8-4-5-9-21(30)35-14-15-6-2-1-3-7-15)24-16(22(31)32)10-12-19(27)25-17(23(33)34)11-13-20(28)29/h1-3,6-7,16-17H,4-5,8-14H2,(H,24,26)(H,25,27)(H,28,29)(H,31,32)(H,33,34)/t16?,17-/m0/s1. The first kappa shape index (κ1) is 29.1. The lowest BCUT2D eigenvalue weighted by atomic mass is 10.1. The summed E-state index contributed by atoms with van der Waals surface area (Å²) in [5.74, 6) is -5.75. The summed E-state index contributed by atoms with van der Waals surface area (Å²) in [6, 6.07) is 6.36. The highest BCUT2D eigenvalue weighted by Gasteiger charge is 2.24. The molecule has 0 heterocycles. The minimum absolute atomic E-state index is 0.0295. The number of unbranched alkanes of at least 4 members (excludes halogenated alkanes) is 1. The Hall–Kier alpha value is -3.96. The minimum Gasteiger partial charge on any atom is -0.481 e. The number of carboxylic acids is 3. The maximum absolute atomic E-state index is 12.0. The molecule has 5 N–H and O–H groups in total. The normalized spacial score (nSPS) is 12.1. The molecule has 0 saturated carbocycles. The molecule has 1 unspecified atom stereocenters. The van der Waals surface area contributed by atoms with Gasteiger partial charge in [-0.05, 0) is 31.2 Å². The highest BCUT2D eigenvalue weighted by atomic mass is 16.5. The maximum atomic E-state index is 12.0. The first-order valence-electron chi connectivity index (χ1n) is 11.0. The number of amides is 2. The number of esters is 1. The molecule has 0 bridgehead atoms. The van der Waals surface area contributed by atoms with Crippen molar-refractivity contribution in [2.75, 3.05) is 0 Å². The lowest BCUT2D eigenvalue weighted by molar-refractivity contribution is -0.145. The summed E-state index contributed by atoms with van der Waals surface area (Å²) in [5, 5.41) is 31.4. The summed E-state index contributed by atoms with van der Waals surface area (Å²) in [6.45, 7) is 0.154. The predicted molar refractivity (Wildman–Crippen MR) is 120 cm³/mol. The van der Waals surface area contributed by atoms with Crippen LogP contribution in [0.1, 0.15) is 56.9 Å². The third-order valence-electron chi connectivity index (χ3n) is 4.85. The maximum Gasteiger partial charge on any atom is 0.326 e. The Kier molecular flexibility index (Phi) is 13.1. The Bertz CT molecular complexity index is 888. The lowest BCUT2D eigenvalue weighted by Crippen LogP contribution is -2.44. The zero-order valence-corrected chi connectivity index (χ0v) is 19.1. The molecule has 35 heavy (non-hydrogen) atoms. The van der Waals surface area contributed by atoms with Crippen LogP contribution in [-0.2, 0) is 40.1 Å². The second-order valence-corrected chi connectivity index (χ2v) is 7.74. The Balaban J connectivity index is 2.32. The molecule has 0 aliphatic carbocycles. The van der Waals surface area contributed by atoms with E-state index < -0.39 is 54.2 Å². The number of hydrogen-bond acceptors (Lipinski definition) is 7. The van der Waals surface area contributed by atoms with Crippen molar-refractivity contribution >= 4 is 35.7 Å². The van der Waals surface area contributed by atoms with Crippen molar-refractivity contribution in [3.63, 3.8) is 0 Å². The van der Waals surface area contributed by atoms with Crippen molar-refractivity contribution in [2.24, 2.45) is 0 Å². The van der Waals surface area contributed by atoms with Crippen LogP contribution in [0.5, 0.6) is 0 Å². The first-order valence-corrected chi connectivity index (χ1v) is 11.0. The zero-order chi connectivity index (χ0) is 26.2. The summed E-state index contributed by atoms with van der Waals surface area (Å²) in [6.07, 6.45) is -0.693. The van der Waals surface area contributed by atoms with Gasteiger partial charge in [0.15, 0.2) is 0 Å². The monoisotopic (exact) mass is 494 g/mol. The average molecular weight is 494 g/mol. The molecule has 0 aliphatic heterocycles. The van der Waals surface area contributed by atoms with Gasteiger partial charge in [-0.25, -0.2) is 9.59 Å². The van der Waals surface area contributed by atoms with Crippen LogP contribution in [0.4, 0.5) is 0 Å². The fourth-order valence-corrected chi connectivity index (χ4v) is 2.96. The highest BCUT2D eigenvalue weighted by Crippen LogP contribution is 2.07. The minimum atomic E-state index is -1.42. The van der Waals surface area contributed by atoms with Crippen LogP contribution < -0.4 is 10.6 Å². The van der Waals surface area contributed by atoms with Gasteiger partial charge in [-0.15, -0.1) is 0 Å². The van der Waals surface area contributed by atoms with Crippen molar-refractivity contribution in [2.45, 2.75) is 70.1 Å². The van der Waals surface area contributed by atoms with Gasteiger partial charge in [0.1, 0.15) is 18.7 Å². The van der Waals surface area contributed by atoms with Gasteiger partial charge in [0.05, 0.1) is 0 Å². The molecule has 12 heteroatoms. The van der Waals surface area contributed by atoms with Crippen molar-refractivity contribution < 1.29 is 48.8 Å². The second-order valence-electron chi connectivity index (χ2n) is 7.74. The highest BCUT2D eigenvalue weighted by molar-refractivity contribution is 5.86. The number of carbonyl (C=O) groups excluding carboxylic acids is 3. The second kappa shape index (κ2) is 15.8. The molecule has 12 nitrogen and oxygen atoms in total. The molecule has 0 radical (unpaired) electrons. The quantitative estimate of drug-likeness (QED) is 0.154. The average Bonchev–Trinajstić information content (AvgIpc) is 2.80. The molecule has 0 spiro atoms. The third kappa shape index (κ3) is 13.4. The van der Waals surface area contributed by atoms with Crippen LogP contribution >= 0.6 is 0 Å². The van der Waals surface area contributed by atoms with Gasteiger partial charge in [0, 0.05) is 25.7 Å². The van der Waals surface area contributed by atoms with E-state index in [0.29, 0.717) is 12.8 Å². The van der Waals surface area contributed by atoms with Gasteiger partial charge in [-0.3, -0.25) is 19.2 Å². The van der Waals surface area contributed by atoms with E-state index in [9.17, 15) is 33.9 Å². The number of hydrogen-bond donors (Lipinski definition) is 5. The SMILES string of the molecule is O=C(O)CC[C@H](NC(=O)CCC(NC(=O)CCCCC(=O)OCc1ccccc1)C(=O)O)C(=O)O. The van der Waals surface area contributed by atoms with Gasteiger partial charge in [0.2, 0.25) is 11.8 Å². The fourth-order valence-electron chi connectivity index (χ4n) is 2.96. The molecule has 0 aliphatic rings. The molecule has 1 aromatic rings. The number of carbonyl (C=O) groups is 6. The van der Waals surface area contributed by atoms with E-state index >= 15 is 0 Å². The fraction of sp³-hybridized carbons (Fsp3) is 0.478. The Morgan fingerprint density at radius 3 is 1.77 bits per heavy atom. The molecular weight excluding hydrogens is 464 g/mol. The van der Waals surface area contributed by atoms with Crippen LogP contribution in [0.25, 0.3) is 0 Å². The Labute approximate surface area is 201 Å². The lowest BCUT2D eigenvalue weighted by Gasteiger charge is -2.16. The van der Waals surface area contributed by atoms with Crippen LogP contribution in [0, 0.1) is 0 Å². The summed E-state index contributed by atoms with van der Waals surface area (Å²) < 4.78 is 5.13. The largest absolute Gasteiger partial charge is 0.481 e. The van der Waals surface area contributed by atoms with E-state index in [2.05, 4.69) is 10.6 Å². The van der Waals surface area contributed by atoms with Gasteiger partial charge >= 0.3 is 23.9 Å². The zero-order valence-electron chi connectivity index (χ0n) is 19.1. The molecule has 2 atom stereocenters. The summed E-state index contributed by atoms with van der Waals surface area (Å²) in [4.78, 5) is 68.9. The van der Waals surface area contributed by atoms with Gasteiger partial charge in [-0.1, -0.05) is 30.3 Å². The topological polar surface area (TPSA) is 196 Å². The number of benzene rings is 1. The van der Waals surface area contributed by atoms with E-state index in [4.69, 9.17) is 14.9 Å². The van der Waals surface area contributed by atoms with Crippen molar-refractivity contribution in [1.82, 2.24) is 10.6 Å². The molecule has 2 amide bonds. The number of carboxylic acid groups (broad SMARTS) is 3. The van der Waals surface area contributed by atoms with Crippen molar-refractivity contribution in [1.29, 1.82) is 0 Å². The summed E-state index contributed by atoms with van der Waals surface area (Å²) in [5.41, 5.74) is 0.854. The van der Waals surface area contributed by atoms with Crippen LogP contribution in [0.2, 0.25) is 0 Å². The number of nitrogens with one attached hydrogen (secondary N) is 2. The predicted octanol–water partition coefficient (Wildman–Crippen LogP) is 1.07. The Morgan fingerprint density at radius 2 is 1.23 bits per heavy atom. The van der Waals surface area contributed by atoms with Crippen molar-refractivity contribution in [3.05, 3.63) is 35.9 Å². The van der Waals surface area contributed by atoms with E-state index in [1.807, 2.05) is 30.3 Å². The molecule has 1 aromatic carbocycles. The first-order chi connectivity index (χ1) is 16.6. The molecule has 0 fully saturated rings. The smallest absolute Gasteiger partial charge is 0.326 e. The van der Waals surface area contributed by atoms with Crippen LogP contribution in [-0.4, -0.2) is 63.1 Å².